The van der Waals surface area contributed by atoms with E-state index in [1.807, 2.05) is 0 Å². The van der Waals surface area contributed by atoms with Crippen LogP contribution in [0.2, 0.25) is 0 Å². The molecule has 0 unspecified atom stereocenters. The van der Waals surface area contributed by atoms with Crippen LogP contribution >= 0.6 is 0 Å². The summed E-state index contributed by atoms with van der Waals surface area (Å²) in [4.78, 5) is 24.0. The van der Waals surface area contributed by atoms with E-state index >= 15 is 0 Å². The maximum Gasteiger partial charge on any atom is 0.429 e. The highest BCUT2D eigenvalue weighted by Gasteiger charge is 2.24. The zero-order chi connectivity index (χ0) is 17.8. The predicted octanol–water partition coefficient (Wildman–Crippen LogP) is 3.65. The van der Waals surface area contributed by atoms with Crippen molar-refractivity contribution in [2.75, 3.05) is 10.3 Å². The first-order valence-electron chi connectivity index (χ1n) is 7.26. The van der Waals surface area contributed by atoms with Gasteiger partial charge >= 0.3 is 12.2 Å². The number of para-hydroxylation sites is 2. The summed E-state index contributed by atoms with van der Waals surface area (Å²) in [6, 6.07) is 6.61. The SMILES string of the molecule is CC(C)(C)OC(=O)Nc1ccccc1N(N)C(=O)OC(C)(C)C. The van der Waals surface area contributed by atoms with Gasteiger partial charge in [-0.1, -0.05) is 12.1 Å². The Morgan fingerprint density at radius 3 is 2.04 bits per heavy atom. The van der Waals surface area contributed by atoms with Gasteiger partial charge in [0.15, 0.2) is 0 Å². The van der Waals surface area contributed by atoms with Crippen LogP contribution in [0.3, 0.4) is 0 Å². The van der Waals surface area contributed by atoms with Crippen molar-refractivity contribution in [3.8, 4) is 0 Å². The molecule has 0 aliphatic carbocycles. The first-order chi connectivity index (χ1) is 10.4. The summed E-state index contributed by atoms with van der Waals surface area (Å²) >= 11 is 0. The molecular formula is C16H25N3O4. The molecule has 0 bridgehead atoms. The molecule has 0 aliphatic heterocycles. The molecule has 0 heterocycles. The summed E-state index contributed by atoms with van der Waals surface area (Å²) in [6.07, 6.45) is -1.36. The van der Waals surface area contributed by atoms with Gasteiger partial charge in [-0.3, -0.25) is 5.32 Å². The van der Waals surface area contributed by atoms with Gasteiger partial charge < -0.3 is 9.47 Å². The smallest absolute Gasteiger partial charge is 0.429 e. The first kappa shape index (κ1) is 18.8. The van der Waals surface area contributed by atoms with Gasteiger partial charge in [-0.2, -0.15) is 0 Å². The van der Waals surface area contributed by atoms with Crippen molar-refractivity contribution in [1.82, 2.24) is 0 Å². The molecule has 23 heavy (non-hydrogen) atoms. The number of ether oxygens (including phenoxy) is 2. The molecule has 7 heteroatoms. The second kappa shape index (κ2) is 6.87. The molecule has 1 aromatic carbocycles. The third kappa shape index (κ3) is 6.56. The van der Waals surface area contributed by atoms with E-state index in [1.54, 1.807) is 65.8 Å². The maximum atomic E-state index is 12.1. The van der Waals surface area contributed by atoms with Crippen LogP contribution in [-0.4, -0.2) is 23.4 Å². The Morgan fingerprint density at radius 2 is 1.52 bits per heavy atom. The van der Waals surface area contributed by atoms with Crippen LogP contribution in [0.25, 0.3) is 0 Å². The normalized spacial score (nSPS) is 11.6. The summed E-state index contributed by atoms with van der Waals surface area (Å²) in [5.74, 6) is 5.82. The standard InChI is InChI=1S/C16H25N3O4/c1-15(2,3)22-13(20)18-11-9-7-8-10-12(11)19(17)14(21)23-16(4,5)6/h7-10H,17H2,1-6H3,(H,18,20). The Morgan fingerprint density at radius 1 is 1.00 bits per heavy atom. The average molecular weight is 323 g/mol. The molecule has 0 saturated carbocycles. The minimum atomic E-state index is -0.726. The largest absolute Gasteiger partial charge is 0.444 e. The van der Waals surface area contributed by atoms with E-state index in [4.69, 9.17) is 15.3 Å². The Labute approximate surface area is 136 Å². The van der Waals surface area contributed by atoms with E-state index in [9.17, 15) is 9.59 Å². The highest BCUT2D eigenvalue weighted by molar-refractivity contribution is 5.96. The Bertz CT molecular complexity index is 573. The number of carbonyl (C=O) groups is 2. The Kier molecular flexibility index (Phi) is 5.60. The first-order valence-corrected chi connectivity index (χ1v) is 7.26. The van der Waals surface area contributed by atoms with Gasteiger partial charge in [-0.15, -0.1) is 0 Å². The van der Waals surface area contributed by atoms with Crippen molar-refractivity contribution >= 4 is 23.6 Å². The van der Waals surface area contributed by atoms with Crippen molar-refractivity contribution in [2.24, 2.45) is 5.84 Å². The number of hydrazine groups is 1. The molecule has 2 amide bonds. The molecule has 0 aliphatic rings. The molecule has 0 spiro atoms. The number of carbonyl (C=O) groups excluding carboxylic acids is 2. The number of rotatable bonds is 2. The van der Waals surface area contributed by atoms with Gasteiger partial charge in [0.05, 0.1) is 11.4 Å². The zero-order valence-electron chi connectivity index (χ0n) is 14.5. The molecule has 0 aromatic heterocycles. The van der Waals surface area contributed by atoms with Crippen LogP contribution in [0.5, 0.6) is 0 Å². The van der Waals surface area contributed by atoms with E-state index in [1.165, 1.54) is 0 Å². The third-order valence-electron chi connectivity index (χ3n) is 2.39. The maximum absolute atomic E-state index is 12.1. The van der Waals surface area contributed by atoms with Crippen LogP contribution in [0.1, 0.15) is 41.5 Å². The number of benzene rings is 1. The summed E-state index contributed by atoms with van der Waals surface area (Å²) in [5.41, 5.74) is -0.669. The van der Waals surface area contributed by atoms with Crippen molar-refractivity contribution in [1.29, 1.82) is 0 Å². The lowest BCUT2D eigenvalue weighted by Gasteiger charge is -2.26. The predicted molar refractivity (Wildman–Crippen MR) is 89.2 cm³/mol. The van der Waals surface area contributed by atoms with Gasteiger partial charge in [0.25, 0.3) is 0 Å². The second-order valence-corrected chi connectivity index (χ2v) is 6.99. The molecule has 128 valence electrons. The fraction of sp³-hybridized carbons (Fsp3) is 0.500. The Hall–Kier alpha value is -2.28. The van der Waals surface area contributed by atoms with Crippen molar-refractivity contribution in [3.05, 3.63) is 24.3 Å². The van der Waals surface area contributed by atoms with Crippen molar-refractivity contribution in [2.45, 2.75) is 52.7 Å². The molecule has 0 radical (unpaired) electrons. The number of nitrogens with two attached hydrogens (primary N) is 1. The summed E-state index contributed by atoms with van der Waals surface area (Å²) in [5, 5.41) is 3.42. The van der Waals surface area contributed by atoms with Gasteiger partial charge in [0.1, 0.15) is 11.2 Å². The number of anilines is 2. The molecule has 0 saturated heterocycles. The van der Waals surface area contributed by atoms with Crippen LogP contribution in [0.4, 0.5) is 21.0 Å². The van der Waals surface area contributed by atoms with Crippen LogP contribution in [0, 0.1) is 0 Å². The molecule has 3 N–H and O–H groups in total. The van der Waals surface area contributed by atoms with E-state index < -0.39 is 23.4 Å². The number of hydrogen-bond acceptors (Lipinski definition) is 5. The number of nitrogens with zero attached hydrogens (tertiary/aromatic N) is 1. The summed E-state index contributed by atoms with van der Waals surface area (Å²) < 4.78 is 10.4. The average Bonchev–Trinajstić information content (AvgIpc) is 2.34. The lowest BCUT2D eigenvalue weighted by Crippen LogP contribution is -2.42. The molecule has 1 rings (SSSR count). The topological polar surface area (TPSA) is 93.9 Å². The van der Waals surface area contributed by atoms with Gasteiger partial charge in [0, 0.05) is 0 Å². The van der Waals surface area contributed by atoms with Gasteiger partial charge in [0.2, 0.25) is 0 Å². The number of nitrogens with one attached hydrogen (secondary N) is 1. The van der Waals surface area contributed by atoms with E-state index in [-0.39, 0.29) is 0 Å². The Balaban J connectivity index is 2.93. The zero-order valence-corrected chi connectivity index (χ0v) is 14.5. The lowest BCUT2D eigenvalue weighted by molar-refractivity contribution is 0.0576. The number of amides is 2. The van der Waals surface area contributed by atoms with Crippen LogP contribution < -0.4 is 16.2 Å². The third-order valence-corrected chi connectivity index (χ3v) is 2.39. The molecular weight excluding hydrogens is 298 g/mol. The second-order valence-electron chi connectivity index (χ2n) is 6.99. The van der Waals surface area contributed by atoms with Crippen molar-refractivity contribution in [3.63, 3.8) is 0 Å². The highest BCUT2D eigenvalue weighted by atomic mass is 16.6. The molecule has 7 nitrogen and oxygen atoms in total. The molecule has 1 aromatic rings. The van der Waals surface area contributed by atoms with E-state index in [0.717, 1.165) is 5.01 Å². The van der Waals surface area contributed by atoms with Gasteiger partial charge in [-0.25, -0.2) is 20.4 Å². The summed E-state index contributed by atoms with van der Waals surface area (Å²) in [6.45, 7) is 10.5. The molecule has 0 atom stereocenters. The molecule has 0 fully saturated rings. The summed E-state index contributed by atoms with van der Waals surface area (Å²) in [7, 11) is 0. The quantitative estimate of drug-likeness (QED) is 0.492. The monoisotopic (exact) mass is 323 g/mol. The number of hydrogen-bond donors (Lipinski definition) is 2. The fourth-order valence-electron chi connectivity index (χ4n) is 1.61. The van der Waals surface area contributed by atoms with Crippen LogP contribution in [-0.2, 0) is 9.47 Å². The highest BCUT2D eigenvalue weighted by Crippen LogP contribution is 2.25. The van der Waals surface area contributed by atoms with E-state index in [2.05, 4.69) is 5.32 Å². The lowest BCUT2D eigenvalue weighted by atomic mass is 10.2. The van der Waals surface area contributed by atoms with Crippen LogP contribution in [0.15, 0.2) is 24.3 Å². The minimum absolute atomic E-state index is 0.299. The fourth-order valence-corrected chi connectivity index (χ4v) is 1.61. The minimum Gasteiger partial charge on any atom is -0.444 e. The van der Waals surface area contributed by atoms with Gasteiger partial charge in [-0.05, 0) is 53.7 Å². The van der Waals surface area contributed by atoms with Crippen molar-refractivity contribution < 1.29 is 19.1 Å². The van der Waals surface area contributed by atoms with E-state index in [0.29, 0.717) is 11.4 Å².